The van der Waals surface area contributed by atoms with Gasteiger partial charge < -0.3 is 5.73 Å². The topological polar surface area (TPSA) is 43.8 Å². The standard InChI is InChI=1S/C15H29N3/c1-6-18-11-13(10-17-18)8-14(16)7-12(2)9-15(3,4)5/h10-12,14H,6-9,16H2,1-5H3. The summed E-state index contributed by atoms with van der Waals surface area (Å²) in [5, 5.41) is 4.29. The molecule has 104 valence electrons. The average Bonchev–Trinajstić information content (AvgIpc) is 2.61. The fourth-order valence-electron chi connectivity index (χ4n) is 2.72. The Labute approximate surface area is 112 Å². The lowest BCUT2D eigenvalue weighted by Gasteiger charge is -2.25. The monoisotopic (exact) mass is 251 g/mol. The molecule has 0 saturated heterocycles. The molecule has 0 aliphatic carbocycles. The minimum atomic E-state index is 0.247. The Balaban J connectivity index is 2.39. The van der Waals surface area contributed by atoms with Crippen molar-refractivity contribution < 1.29 is 0 Å². The normalized spacial score (nSPS) is 15.7. The van der Waals surface area contributed by atoms with Gasteiger partial charge in [0.05, 0.1) is 6.20 Å². The van der Waals surface area contributed by atoms with Crippen LogP contribution in [0.5, 0.6) is 0 Å². The Bertz CT molecular complexity index is 349. The molecule has 0 bridgehead atoms. The molecule has 0 fully saturated rings. The van der Waals surface area contributed by atoms with Crippen LogP contribution in [-0.4, -0.2) is 15.8 Å². The van der Waals surface area contributed by atoms with Crippen molar-refractivity contribution in [3.05, 3.63) is 18.0 Å². The molecule has 2 atom stereocenters. The van der Waals surface area contributed by atoms with E-state index in [2.05, 4.69) is 45.9 Å². The van der Waals surface area contributed by atoms with E-state index in [-0.39, 0.29) is 6.04 Å². The summed E-state index contributed by atoms with van der Waals surface area (Å²) in [5.74, 6) is 0.682. The predicted octanol–water partition coefficient (Wildman–Crippen LogP) is 3.24. The zero-order valence-electron chi connectivity index (χ0n) is 12.6. The van der Waals surface area contributed by atoms with Crippen LogP contribution in [0.25, 0.3) is 0 Å². The number of rotatable bonds is 6. The van der Waals surface area contributed by atoms with Gasteiger partial charge >= 0.3 is 0 Å². The van der Waals surface area contributed by atoms with Gasteiger partial charge in [0, 0.05) is 18.8 Å². The SMILES string of the molecule is CCn1cc(CC(N)CC(C)CC(C)(C)C)cn1. The summed E-state index contributed by atoms with van der Waals surface area (Å²) in [5.41, 5.74) is 7.89. The third-order valence-corrected chi connectivity index (χ3v) is 3.17. The molecule has 0 radical (unpaired) electrons. The van der Waals surface area contributed by atoms with E-state index in [9.17, 15) is 0 Å². The van der Waals surface area contributed by atoms with Gasteiger partial charge in [0.15, 0.2) is 0 Å². The molecule has 1 aromatic heterocycles. The number of nitrogens with zero attached hydrogens (tertiary/aromatic N) is 2. The van der Waals surface area contributed by atoms with Crippen LogP contribution in [0.15, 0.2) is 12.4 Å². The number of hydrogen-bond donors (Lipinski definition) is 1. The Morgan fingerprint density at radius 3 is 2.56 bits per heavy atom. The molecule has 0 spiro atoms. The van der Waals surface area contributed by atoms with Crippen molar-refractivity contribution >= 4 is 0 Å². The van der Waals surface area contributed by atoms with E-state index in [1.165, 1.54) is 12.0 Å². The van der Waals surface area contributed by atoms with E-state index in [1.54, 1.807) is 0 Å². The summed E-state index contributed by atoms with van der Waals surface area (Å²) < 4.78 is 1.96. The molecule has 3 heteroatoms. The smallest absolute Gasteiger partial charge is 0.0522 e. The molecule has 1 rings (SSSR count). The Morgan fingerprint density at radius 1 is 1.39 bits per heavy atom. The fourth-order valence-corrected chi connectivity index (χ4v) is 2.72. The Hall–Kier alpha value is -0.830. The van der Waals surface area contributed by atoms with Crippen LogP contribution in [-0.2, 0) is 13.0 Å². The maximum absolute atomic E-state index is 6.24. The lowest BCUT2D eigenvalue weighted by Crippen LogP contribution is -2.26. The average molecular weight is 251 g/mol. The largest absolute Gasteiger partial charge is 0.327 e. The van der Waals surface area contributed by atoms with Gasteiger partial charge in [0.25, 0.3) is 0 Å². The summed E-state index contributed by atoms with van der Waals surface area (Å²) in [4.78, 5) is 0. The highest BCUT2D eigenvalue weighted by molar-refractivity contribution is 5.05. The van der Waals surface area contributed by atoms with Gasteiger partial charge in [-0.15, -0.1) is 0 Å². The van der Waals surface area contributed by atoms with Crippen LogP contribution in [0.3, 0.4) is 0 Å². The van der Waals surface area contributed by atoms with Crippen LogP contribution >= 0.6 is 0 Å². The van der Waals surface area contributed by atoms with Gasteiger partial charge in [0.1, 0.15) is 0 Å². The Kier molecular flexibility index (Phi) is 5.39. The zero-order valence-corrected chi connectivity index (χ0v) is 12.6. The predicted molar refractivity (Wildman–Crippen MR) is 77.4 cm³/mol. The second-order valence-electron chi connectivity index (χ2n) is 6.77. The molecule has 0 amide bonds. The van der Waals surface area contributed by atoms with E-state index < -0.39 is 0 Å². The summed E-state index contributed by atoms with van der Waals surface area (Å²) in [6, 6.07) is 0.247. The first-order valence-corrected chi connectivity index (χ1v) is 7.07. The fraction of sp³-hybridized carbons (Fsp3) is 0.800. The van der Waals surface area contributed by atoms with Crippen LogP contribution in [0.4, 0.5) is 0 Å². The van der Waals surface area contributed by atoms with Gasteiger partial charge in [-0.25, -0.2) is 0 Å². The van der Waals surface area contributed by atoms with E-state index >= 15 is 0 Å². The molecule has 1 heterocycles. The van der Waals surface area contributed by atoms with Crippen molar-refractivity contribution in [2.75, 3.05) is 0 Å². The molecule has 2 N–H and O–H groups in total. The molecular formula is C15H29N3. The molecule has 2 unspecified atom stereocenters. The second kappa shape index (κ2) is 6.37. The van der Waals surface area contributed by atoms with Gasteiger partial charge in [0.2, 0.25) is 0 Å². The van der Waals surface area contributed by atoms with Crippen molar-refractivity contribution in [3.63, 3.8) is 0 Å². The molecule has 0 aromatic carbocycles. The molecular weight excluding hydrogens is 222 g/mol. The first kappa shape index (κ1) is 15.2. The van der Waals surface area contributed by atoms with Crippen LogP contribution in [0, 0.1) is 11.3 Å². The van der Waals surface area contributed by atoms with E-state index in [0.29, 0.717) is 11.3 Å². The summed E-state index contributed by atoms with van der Waals surface area (Å²) >= 11 is 0. The van der Waals surface area contributed by atoms with Gasteiger partial charge in [-0.2, -0.15) is 5.10 Å². The molecule has 0 aliphatic rings. The molecule has 3 nitrogen and oxygen atoms in total. The molecule has 0 saturated carbocycles. The van der Waals surface area contributed by atoms with E-state index in [0.717, 1.165) is 19.4 Å². The van der Waals surface area contributed by atoms with Crippen molar-refractivity contribution in [1.82, 2.24) is 9.78 Å². The highest BCUT2D eigenvalue weighted by Crippen LogP contribution is 2.26. The highest BCUT2D eigenvalue weighted by atomic mass is 15.3. The minimum absolute atomic E-state index is 0.247. The minimum Gasteiger partial charge on any atom is -0.327 e. The third-order valence-electron chi connectivity index (χ3n) is 3.17. The van der Waals surface area contributed by atoms with Gasteiger partial charge in [-0.05, 0) is 43.1 Å². The van der Waals surface area contributed by atoms with Crippen LogP contribution in [0.2, 0.25) is 0 Å². The maximum atomic E-state index is 6.24. The lowest BCUT2D eigenvalue weighted by atomic mass is 9.82. The van der Waals surface area contributed by atoms with E-state index in [1.807, 2.05) is 10.9 Å². The molecule has 18 heavy (non-hydrogen) atoms. The number of nitrogens with two attached hydrogens (primary N) is 1. The third kappa shape index (κ3) is 5.67. The first-order valence-electron chi connectivity index (χ1n) is 7.07. The first-order chi connectivity index (χ1) is 8.30. The summed E-state index contributed by atoms with van der Waals surface area (Å²) in [6.45, 7) is 12.2. The maximum Gasteiger partial charge on any atom is 0.0522 e. The second-order valence-corrected chi connectivity index (χ2v) is 6.77. The summed E-state index contributed by atoms with van der Waals surface area (Å²) in [6.07, 6.45) is 7.31. The van der Waals surface area contributed by atoms with Crippen LogP contribution < -0.4 is 5.73 Å². The van der Waals surface area contributed by atoms with Crippen molar-refractivity contribution in [3.8, 4) is 0 Å². The molecule has 0 aliphatic heterocycles. The van der Waals surface area contributed by atoms with Crippen LogP contribution in [0.1, 0.15) is 53.0 Å². The van der Waals surface area contributed by atoms with Crippen molar-refractivity contribution in [2.45, 2.75) is 66.5 Å². The zero-order chi connectivity index (χ0) is 13.8. The van der Waals surface area contributed by atoms with E-state index in [4.69, 9.17) is 5.73 Å². The highest BCUT2D eigenvalue weighted by Gasteiger charge is 2.17. The lowest BCUT2D eigenvalue weighted by molar-refractivity contribution is 0.285. The quantitative estimate of drug-likeness (QED) is 0.843. The van der Waals surface area contributed by atoms with Crippen molar-refractivity contribution in [1.29, 1.82) is 0 Å². The van der Waals surface area contributed by atoms with Gasteiger partial charge in [-0.1, -0.05) is 27.7 Å². The number of aromatic nitrogens is 2. The Morgan fingerprint density at radius 2 is 2.06 bits per heavy atom. The number of hydrogen-bond acceptors (Lipinski definition) is 2. The number of aryl methyl sites for hydroxylation is 1. The molecule has 1 aromatic rings. The summed E-state index contributed by atoms with van der Waals surface area (Å²) in [7, 11) is 0. The van der Waals surface area contributed by atoms with Crippen molar-refractivity contribution in [2.24, 2.45) is 17.1 Å². The van der Waals surface area contributed by atoms with Gasteiger partial charge in [-0.3, -0.25) is 4.68 Å².